The third-order valence-electron chi connectivity index (χ3n) is 7.55. The van der Waals surface area contributed by atoms with E-state index < -0.39 is 6.04 Å². The Morgan fingerprint density at radius 2 is 1.85 bits per heavy atom. The van der Waals surface area contributed by atoms with Crippen molar-refractivity contribution >= 4 is 16.8 Å². The molecule has 5 aromatic rings. The van der Waals surface area contributed by atoms with Gasteiger partial charge in [-0.15, -0.1) is 0 Å². The van der Waals surface area contributed by atoms with E-state index in [1.165, 1.54) is 0 Å². The minimum absolute atomic E-state index is 0.0842. The number of aromatic amines is 1. The number of carbonyl (C=O) groups excluding carboxylic acids is 1. The van der Waals surface area contributed by atoms with Crippen LogP contribution in [0.25, 0.3) is 22.0 Å². The van der Waals surface area contributed by atoms with Gasteiger partial charge in [0.2, 0.25) is 5.91 Å². The first-order chi connectivity index (χ1) is 20.1. The van der Waals surface area contributed by atoms with Crippen LogP contribution in [0.4, 0.5) is 0 Å². The second-order valence-electron chi connectivity index (χ2n) is 10.5. The Bertz CT molecular complexity index is 1630. The molecule has 1 aliphatic rings. The summed E-state index contributed by atoms with van der Waals surface area (Å²) in [6, 6.07) is 26.1. The van der Waals surface area contributed by atoms with E-state index in [1.54, 1.807) is 6.20 Å². The van der Waals surface area contributed by atoms with Gasteiger partial charge in [-0.3, -0.25) is 9.78 Å². The van der Waals surface area contributed by atoms with Crippen LogP contribution in [0.5, 0.6) is 5.75 Å². The SMILES string of the molecule is N[C@@H](Cc1c[nH]c2ccccc12)C(=O)N1CCOCCOc2ccc(-c3cccnc3)cc2Cc2cccc(c2)C1. The maximum atomic E-state index is 13.6. The number of benzene rings is 3. The number of pyridine rings is 1. The molecule has 0 saturated carbocycles. The van der Waals surface area contributed by atoms with Crippen molar-refractivity contribution in [2.45, 2.75) is 25.4 Å². The largest absolute Gasteiger partial charge is 0.491 e. The quantitative estimate of drug-likeness (QED) is 0.326. The molecule has 0 spiro atoms. The monoisotopic (exact) mass is 546 g/mol. The highest BCUT2D eigenvalue weighted by Gasteiger charge is 2.23. The smallest absolute Gasteiger partial charge is 0.240 e. The zero-order valence-electron chi connectivity index (χ0n) is 23.0. The lowest BCUT2D eigenvalue weighted by molar-refractivity contribution is -0.134. The molecule has 3 heterocycles. The summed E-state index contributed by atoms with van der Waals surface area (Å²) < 4.78 is 12.0. The molecule has 0 unspecified atom stereocenters. The number of nitrogens with two attached hydrogens (primary N) is 1. The number of carbonyl (C=O) groups is 1. The lowest BCUT2D eigenvalue weighted by atomic mass is 9.98. The number of rotatable bonds is 4. The molecule has 0 saturated heterocycles. The average Bonchev–Trinajstić information content (AvgIpc) is 3.41. The summed E-state index contributed by atoms with van der Waals surface area (Å²) in [6.07, 6.45) is 6.76. The summed E-state index contributed by atoms with van der Waals surface area (Å²) in [7, 11) is 0. The highest BCUT2D eigenvalue weighted by atomic mass is 16.5. The minimum Gasteiger partial charge on any atom is -0.491 e. The molecule has 3 N–H and O–H groups in total. The molecule has 7 nitrogen and oxygen atoms in total. The van der Waals surface area contributed by atoms with Gasteiger partial charge in [-0.05, 0) is 58.5 Å². The minimum atomic E-state index is -0.655. The molecule has 208 valence electrons. The number of nitrogens with one attached hydrogen (secondary N) is 1. The van der Waals surface area contributed by atoms with E-state index in [0.717, 1.165) is 50.0 Å². The van der Waals surface area contributed by atoms with Crippen LogP contribution in [-0.2, 0) is 28.9 Å². The van der Waals surface area contributed by atoms with Crippen molar-refractivity contribution < 1.29 is 14.3 Å². The first-order valence-corrected chi connectivity index (χ1v) is 14.0. The van der Waals surface area contributed by atoms with Crippen LogP contribution in [0.1, 0.15) is 22.3 Å². The van der Waals surface area contributed by atoms with Gasteiger partial charge >= 0.3 is 0 Å². The maximum Gasteiger partial charge on any atom is 0.240 e. The van der Waals surface area contributed by atoms with Crippen LogP contribution >= 0.6 is 0 Å². The second-order valence-corrected chi connectivity index (χ2v) is 10.5. The van der Waals surface area contributed by atoms with Gasteiger partial charge in [0.05, 0.1) is 19.3 Å². The predicted molar refractivity (Wildman–Crippen MR) is 161 cm³/mol. The first kappa shape index (κ1) is 26.7. The number of aromatic nitrogens is 2. The zero-order valence-corrected chi connectivity index (χ0v) is 23.0. The predicted octanol–water partition coefficient (Wildman–Crippen LogP) is 5.13. The highest BCUT2D eigenvalue weighted by molar-refractivity contribution is 5.86. The molecule has 41 heavy (non-hydrogen) atoms. The molecular weight excluding hydrogens is 512 g/mol. The van der Waals surface area contributed by atoms with Crippen molar-refractivity contribution in [2.75, 3.05) is 26.4 Å². The molecule has 6 rings (SSSR count). The number of H-pyrrole nitrogens is 1. The van der Waals surface area contributed by atoms with E-state index in [0.29, 0.717) is 45.8 Å². The number of para-hydroxylation sites is 1. The molecule has 0 radical (unpaired) electrons. The fourth-order valence-corrected chi connectivity index (χ4v) is 5.46. The molecule has 1 amide bonds. The van der Waals surface area contributed by atoms with Gasteiger partial charge < -0.3 is 25.1 Å². The summed E-state index contributed by atoms with van der Waals surface area (Å²) in [5.41, 5.74) is 14.1. The summed E-state index contributed by atoms with van der Waals surface area (Å²) in [5, 5.41) is 1.10. The zero-order chi connectivity index (χ0) is 28.0. The molecule has 2 aromatic heterocycles. The summed E-state index contributed by atoms with van der Waals surface area (Å²) >= 11 is 0. The van der Waals surface area contributed by atoms with Gasteiger partial charge in [-0.2, -0.15) is 0 Å². The number of hydrogen-bond donors (Lipinski definition) is 2. The van der Waals surface area contributed by atoms with E-state index in [-0.39, 0.29) is 5.91 Å². The number of ether oxygens (including phenoxy) is 2. The Labute approximate surface area is 239 Å². The Kier molecular flexibility index (Phi) is 8.07. The molecule has 1 aliphatic heterocycles. The fraction of sp³-hybridized carbons (Fsp3) is 0.235. The van der Waals surface area contributed by atoms with E-state index in [4.69, 9.17) is 15.2 Å². The van der Waals surface area contributed by atoms with Gasteiger partial charge in [-0.25, -0.2) is 0 Å². The van der Waals surface area contributed by atoms with Crippen LogP contribution in [-0.4, -0.2) is 53.2 Å². The van der Waals surface area contributed by atoms with Gasteiger partial charge in [0.25, 0.3) is 0 Å². The van der Waals surface area contributed by atoms with E-state index in [1.807, 2.05) is 53.7 Å². The van der Waals surface area contributed by atoms with Crippen molar-refractivity contribution in [1.29, 1.82) is 0 Å². The van der Waals surface area contributed by atoms with Crippen LogP contribution in [0.2, 0.25) is 0 Å². The van der Waals surface area contributed by atoms with E-state index in [9.17, 15) is 4.79 Å². The van der Waals surface area contributed by atoms with Gasteiger partial charge in [0.15, 0.2) is 0 Å². The third kappa shape index (κ3) is 6.32. The Hall–Kier alpha value is -4.46. The second kappa shape index (κ2) is 12.4. The Balaban J connectivity index is 1.23. The lowest BCUT2D eigenvalue weighted by Crippen LogP contribution is -2.45. The van der Waals surface area contributed by atoms with E-state index >= 15 is 0 Å². The molecule has 3 aromatic carbocycles. The van der Waals surface area contributed by atoms with Crippen LogP contribution in [0, 0.1) is 0 Å². The number of hydrogen-bond acceptors (Lipinski definition) is 5. The van der Waals surface area contributed by atoms with Gasteiger partial charge in [-0.1, -0.05) is 54.6 Å². The third-order valence-corrected chi connectivity index (χ3v) is 7.55. The number of amides is 1. The normalized spacial score (nSPS) is 15.0. The molecule has 2 bridgehead atoms. The first-order valence-electron chi connectivity index (χ1n) is 14.0. The summed E-state index contributed by atoms with van der Waals surface area (Å²) in [5.74, 6) is 0.767. The van der Waals surface area contributed by atoms with Crippen LogP contribution in [0.15, 0.2) is 97.5 Å². The highest BCUT2D eigenvalue weighted by Crippen LogP contribution is 2.29. The molecular formula is C34H34N4O3. The average molecular weight is 547 g/mol. The van der Waals surface area contributed by atoms with Crippen LogP contribution < -0.4 is 10.5 Å². The van der Waals surface area contributed by atoms with Crippen molar-refractivity contribution in [2.24, 2.45) is 5.73 Å². The molecule has 7 heteroatoms. The van der Waals surface area contributed by atoms with Crippen molar-refractivity contribution in [1.82, 2.24) is 14.9 Å². The molecule has 0 fully saturated rings. The number of fused-ring (bicyclic) bond motifs is 4. The van der Waals surface area contributed by atoms with Gasteiger partial charge in [0.1, 0.15) is 12.4 Å². The number of nitrogens with zero attached hydrogens (tertiary/aromatic N) is 2. The standard InChI is InChI=1S/C34H34N4O3/c35-31(20-29-22-37-32-9-2-1-8-30(29)32)34(39)38-13-14-40-15-16-41-33-11-10-26(27-7-4-12-36-21-27)19-28(33)18-24-5-3-6-25(17-24)23-38/h1-12,17,19,21-22,31,37H,13-16,18,20,23,35H2/t31-/m0/s1. The Morgan fingerprint density at radius 1 is 0.951 bits per heavy atom. The van der Waals surface area contributed by atoms with E-state index in [2.05, 4.69) is 52.4 Å². The Morgan fingerprint density at radius 3 is 2.76 bits per heavy atom. The van der Waals surface area contributed by atoms with Crippen molar-refractivity contribution in [3.63, 3.8) is 0 Å². The summed E-state index contributed by atoms with van der Waals surface area (Å²) in [6.45, 7) is 2.18. The molecule has 1 atom stereocenters. The van der Waals surface area contributed by atoms with Crippen molar-refractivity contribution in [3.05, 3.63) is 120 Å². The lowest BCUT2D eigenvalue weighted by Gasteiger charge is -2.26. The fourth-order valence-electron chi connectivity index (χ4n) is 5.46. The topological polar surface area (TPSA) is 93.5 Å². The van der Waals surface area contributed by atoms with Gasteiger partial charge in [0, 0.05) is 54.6 Å². The maximum absolute atomic E-state index is 13.6. The summed E-state index contributed by atoms with van der Waals surface area (Å²) in [4.78, 5) is 23.0. The van der Waals surface area contributed by atoms with Crippen molar-refractivity contribution in [3.8, 4) is 16.9 Å². The van der Waals surface area contributed by atoms with Crippen LogP contribution in [0.3, 0.4) is 0 Å². The molecule has 0 aliphatic carbocycles.